The first-order valence-electron chi connectivity index (χ1n) is 12.3. The molecule has 0 saturated heterocycles. The van der Waals surface area contributed by atoms with Crippen LogP contribution in [0.25, 0.3) is 11.1 Å². The summed E-state index contributed by atoms with van der Waals surface area (Å²) in [6.07, 6.45) is -0.582. The van der Waals surface area contributed by atoms with E-state index in [0.717, 1.165) is 11.1 Å². The van der Waals surface area contributed by atoms with Crippen molar-refractivity contribution >= 4 is 39.2 Å². The van der Waals surface area contributed by atoms with Gasteiger partial charge in [0.2, 0.25) is 10.0 Å². The molecule has 0 spiro atoms. The van der Waals surface area contributed by atoms with Gasteiger partial charge in [0, 0.05) is 30.3 Å². The lowest BCUT2D eigenvalue weighted by Crippen LogP contribution is -2.30. The zero-order valence-corrected chi connectivity index (χ0v) is 24.0. The summed E-state index contributed by atoms with van der Waals surface area (Å²) in [6.45, 7) is 0.239. The van der Waals surface area contributed by atoms with Crippen LogP contribution in [-0.2, 0) is 16.6 Å². The van der Waals surface area contributed by atoms with Crippen molar-refractivity contribution in [2.24, 2.45) is 5.14 Å². The van der Waals surface area contributed by atoms with Gasteiger partial charge in [0.1, 0.15) is 22.3 Å². The molecule has 0 fully saturated rings. The fourth-order valence-corrected chi connectivity index (χ4v) is 5.00. The summed E-state index contributed by atoms with van der Waals surface area (Å²) in [5.74, 6) is 1.14. The van der Waals surface area contributed by atoms with Gasteiger partial charge >= 0.3 is 6.09 Å². The number of carbonyl (C=O) groups is 1. The highest BCUT2D eigenvalue weighted by Crippen LogP contribution is 2.28. The maximum absolute atomic E-state index is 12.8. The summed E-state index contributed by atoms with van der Waals surface area (Å²) < 4.78 is 34.5. The van der Waals surface area contributed by atoms with E-state index >= 15 is 0 Å². The van der Waals surface area contributed by atoms with Crippen LogP contribution in [0.1, 0.15) is 16.7 Å². The van der Waals surface area contributed by atoms with E-state index in [4.69, 9.17) is 32.2 Å². The first-order valence-corrected chi connectivity index (χ1v) is 14.3. The molecule has 4 N–H and O–H groups in total. The Hall–Kier alpha value is -4.58. The number of thiocarbonyl (C=S) groups is 1. The van der Waals surface area contributed by atoms with Crippen LogP contribution in [0.2, 0.25) is 0 Å². The molecular weight excluding hydrogens is 560 g/mol. The number of amidine groups is 1. The molecule has 0 aliphatic rings. The molecule has 0 aromatic heterocycles. The van der Waals surface area contributed by atoms with E-state index in [1.54, 1.807) is 87.0 Å². The number of primary sulfonamides is 1. The molecule has 0 radical (unpaired) electrons. The number of amides is 1. The number of nitrogens with two attached hydrogens (primary N) is 1. The van der Waals surface area contributed by atoms with Crippen LogP contribution in [0.3, 0.4) is 0 Å². The predicted molar refractivity (Wildman–Crippen MR) is 162 cm³/mol. The molecule has 0 aliphatic carbocycles. The zero-order valence-electron chi connectivity index (χ0n) is 22.3. The Kier molecular flexibility index (Phi) is 9.13. The molecule has 4 rings (SSSR count). The standard InChI is InChI=1S/C30H28N4O5S2/c1-34(30(35)39-25-16-10-21(11-17-25)26-8-3-4-9-27(26)41(32,36)37)19-20-6-5-7-23(18-20)28(31)33-29(40)22-12-14-24(38-2)15-13-22/h3-18H,19H2,1-2H3,(H2,31,33,40)(H2,32,36,37). The second kappa shape index (κ2) is 12.7. The van der Waals surface area contributed by atoms with Gasteiger partial charge in [0.15, 0.2) is 0 Å². The normalized spacial score (nSPS) is 10.9. The second-order valence-corrected chi connectivity index (χ2v) is 11.0. The van der Waals surface area contributed by atoms with Crippen LogP contribution in [0, 0.1) is 5.41 Å². The number of carbonyl (C=O) groups excluding carboxylic acids is 1. The number of ether oxygens (including phenoxy) is 2. The minimum Gasteiger partial charge on any atom is -0.497 e. The lowest BCUT2D eigenvalue weighted by Gasteiger charge is -2.18. The summed E-state index contributed by atoms with van der Waals surface area (Å²) in [4.78, 5) is 14.6. The van der Waals surface area contributed by atoms with Crippen molar-refractivity contribution in [3.05, 3.63) is 114 Å². The molecular formula is C30H28N4O5S2. The fourth-order valence-electron chi connectivity index (χ4n) is 4.00. The minimum atomic E-state index is -3.90. The smallest absolute Gasteiger partial charge is 0.415 e. The molecule has 0 atom stereocenters. The molecule has 9 nitrogen and oxygen atoms in total. The highest BCUT2D eigenvalue weighted by atomic mass is 32.2. The molecule has 0 aliphatic heterocycles. The number of sulfonamides is 1. The largest absolute Gasteiger partial charge is 0.497 e. The molecule has 0 bridgehead atoms. The molecule has 4 aromatic carbocycles. The maximum Gasteiger partial charge on any atom is 0.415 e. The van der Waals surface area contributed by atoms with Gasteiger partial charge in [0.05, 0.1) is 12.0 Å². The van der Waals surface area contributed by atoms with E-state index in [2.05, 4.69) is 5.32 Å². The van der Waals surface area contributed by atoms with Gasteiger partial charge in [-0.2, -0.15) is 0 Å². The van der Waals surface area contributed by atoms with Gasteiger partial charge < -0.3 is 19.7 Å². The first-order chi connectivity index (χ1) is 19.5. The molecule has 0 unspecified atom stereocenters. The van der Waals surface area contributed by atoms with Crippen molar-refractivity contribution in [3.63, 3.8) is 0 Å². The van der Waals surface area contributed by atoms with E-state index < -0.39 is 16.1 Å². The van der Waals surface area contributed by atoms with E-state index in [1.165, 1.54) is 11.0 Å². The number of hydrogen-bond donors (Lipinski definition) is 3. The molecule has 210 valence electrons. The fraction of sp³-hybridized carbons (Fsp3) is 0.100. The average Bonchev–Trinajstić information content (AvgIpc) is 2.97. The van der Waals surface area contributed by atoms with Gasteiger partial charge in [-0.1, -0.05) is 60.7 Å². The Bertz CT molecular complexity index is 1690. The van der Waals surface area contributed by atoms with Crippen LogP contribution in [-0.4, -0.2) is 44.4 Å². The van der Waals surface area contributed by atoms with Crippen molar-refractivity contribution in [2.45, 2.75) is 11.4 Å². The van der Waals surface area contributed by atoms with Gasteiger partial charge in [-0.3, -0.25) is 5.41 Å². The second-order valence-electron chi connectivity index (χ2n) is 9.05. The van der Waals surface area contributed by atoms with Crippen molar-refractivity contribution in [2.75, 3.05) is 14.2 Å². The average molecular weight is 589 g/mol. The summed E-state index contributed by atoms with van der Waals surface area (Å²) in [5, 5.41) is 16.7. The van der Waals surface area contributed by atoms with Crippen LogP contribution in [0.15, 0.2) is 102 Å². The molecule has 0 heterocycles. The number of methoxy groups -OCH3 is 1. The number of benzene rings is 4. The van der Waals surface area contributed by atoms with E-state index in [0.29, 0.717) is 33.2 Å². The van der Waals surface area contributed by atoms with Crippen molar-refractivity contribution in [1.29, 1.82) is 5.41 Å². The third kappa shape index (κ3) is 7.54. The zero-order chi connectivity index (χ0) is 29.6. The molecule has 1 amide bonds. The Morgan fingerprint density at radius 1 is 0.927 bits per heavy atom. The quantitative estimate of drug-likeness (QED) is 0.151. The Morgan fingerprint density at radius 2 is 1.59 bits per heavy atom. The van der Waals surface area contributed by atoms with Gasteiger partial charge in [-0.25, -0.2) is 18.4 Å². The van der Waals surface area contributed by atoms with Gasteiger partial charge in [-0.15, -0.1) is 0 Å². The topological polar surface area (TPSA) is 135 Å². The maximum atomic E-state index is 12.8. The number of rotatable bonds is 8. The SMILES string of the molecule is COc1ccc(C(=S)NC(=N)c2cccc(CN(C)C(=O)Oc3ccc(-c4ccccc4S(N)(=O)=O)cc3)c2)cc1. The van der Waals surface area contributed by atoms with Crippen LogP contribution in [0.5, 0.6) is 11.5 Å². The summed E-state index contributed by atoms with van der Waals surface area (Å²) in [7, 11) is -0.708. The van der Waals surface area contributed by atoms with Crippen molar-refractivity contribution < 1.29 is 22.7 Å². The summed E-state index contributed by atoms with van der Waals surface area (Å²) in [5.41, 5.74) is 3.22. The van der Waals surface area contributed by atoms with Crippen LogP contribution >= 0.6 is 12.2 Å². The highest BCUT2D eigenvalue weighted by molar-refractivity contribution is 7.89. The Morgan fingerprint density at radius 3 is 2.24 bits per heavy atom. The lowest BCUT2D eigenvalue weighted by atomic mass is 10.1. The minimum absolute atomic E-state index is 0.0116. The third-order valence-electron chi connectivity index (χ3n) is 6.10. The van der Waals surface area contributed by atoms with Crippen LogP contribution < -0.4 is 19.9 Å². The molecule has 4 aromatic rings. The van der Waals surface area contributed by atoms with Crippen molar-refractivity contribution in [1.82, 2.24) is 10.2 Å². The number of nitrogens with zero attached hydrogens (tertiary/aromatic N) is 1. The molecule has 0 saturated carbocycles. The Balaban J connectivity index is 1.37. The third-order valence-corrected chi connectivity index (χ3v) is 7.41. The van der Waals surface area contributed by atoms with E-state index in [9.17, 15) is 13.2 Å². The van der Waals surface area contributed by atoms with Crippen molar-refractivity contribution in [3.8, 4) is 22.6 Å². The number of nitrogens with one attached hydrogen (secondary N) is 2. The first kappa shape index (κ1) is 29.4. The van der Waals surface area contributed by atoms with E-state index in [-0.39, 0.29) is 17.3 Å². The van der Waals surface area contributed by atoms with Gasteiger partial charge in [0.25, 0.3) is 0 Å². The predicted octanol–water partition coefficient (Wildman–Crippen LogP) is 4.93. The van der Waals surface area contributed by atoms with E-state index in [1.807, 2.05) is 18.2 Å². The van der Waals surface area contributed by atoms with Gasteiger partial charge in [-0.05, 0) is 59.7 Å². The highest BCUT2D eigenvalue weighted by Gasteiger charge is 2.16. The Labute approximate surface area is 244 Å². The number of hydrogen-bond acceptors (Lipinski definition) is 7. The molecule has 11 heteroatoms. The lowest BCUT2D eigenvalue weighted by molar-refractivity contribution is 0.161. The molecule has 41 heavy (non-hydrogen) atoms. The van der Waals surface area contributed by atoms with Crippen LogP contribution in [0.4, 0.5) is 4.79 Å². The monoisotopic (exact) mass is 588 g/mol. The summed E-state index contributed by atoms with van der Waals surface area (Å²) in [6, 6.07) is 27.3. The summed E-state index contributed by atoms with van der Waals surface area (Å²) >= 11 is 5.44.